The Morgan fingerprint density at radius 2 is 1.50 bits per heavy atom. The summed E-state index contributed by atoms with van der Waals surface area (Å²) in [6, 6.07) is 4.20. The van der Waals surface area contributed by atoms with E-state index in [-0.39, 0.29) is 6.04 Å². The van der Waals surface area contributed by atoms with Crippen molar-refractivity contribution in [1.82, 2.24) is 10.2 Å². The Balaban J connectivity index is 2.32. The topological polar surface area (TPSA) is 43.0 Å². The normalized spacial score (nSPS) is 17.6. The average molecular weight is 280 g/mol. The zero-order valence-corrected chi connectivity index (χ0v) is 12.7. The quantitative estimate of drug-likeness (QED) is 0.889. The van der Waals surface area contributed by atoms with Gasteiger partial charge in [0.1, 0.15) is 5.75 Å². The van der Waals surface area contributed by atoms with Gasteiger partial charge in [-0.25, -0.2) is 0 Å². The minimum Gasteiger partial charge on any atom is -0.496 e. The molecule has 5 nitrogen and oxygen atoms in total. The molecule has 1 N–H and O–H groups in total. The van der Waals surface area contributed by atoms with Crippen LogP contribution in [0.4, 0.5) is 0 Å². The second-order valence-corrected chi connectivity index (χ2v) is 4.91. The molecule has 0 spiro atoms. The van der Waals surface area contributed by atoms with Crippen LogP contribution in [0.5, 0.6) is 17.2 Å². The van der Waals surface area contributed by atoms with Crippen LogP contribution >= 0.6 is 0 Å². The number of piperazine rings is 1. The van der Waals surface area contributed by atoms with Crippen LogP contribution in [0.1, 0.15) is 18.5 Å². The minimum atomic E-state index is 0.284. The first-order chi connectivity index (χ1) is 9.71. The maximum atomic E-state index is 5.52. The summed E-state index contributed by atoms with van der Waals surface area (Å²) in [5.41, 5.74) is 1.13. The average Bonchev–Trinajstić information content (AvgIpc) is 2.53. The van der Waals surface area contributed by atoms with Crippen molar-refractivity contribution in [3.05, 3.63) is 17.7 Å². The molecule has 1 aromatic rings. The molecule has 0 aliphatic carbocycles. The van der Waals surface area contributed by atoms with Crippen molar-refractivity contribution >= 4 is 0 Å². The standard InChI is InChI=1S/C15H24N2O3/c1-11(17-7-5-16-6-8-17)12-9-14(19-3)15(20-4)10-13(12)18-2/h9-11,16H,5-8H2,1-4H3/t11-/m0/s1. The van der Waals surface area contributed by atoms with Crippen molar-refractivity contribution in [2.24, 2.45) is 0 Å². The van der Waals surface area contributed by atoms with Gasteiger partial charge in [-0.15, -0.1) is 0 Å². The van der Waals surface area contributed by atoms with E-state index in [1.807, 2.05) is 12.1 Å². The molecule has 1 aliphatic heterocycles. The Labute approximate surface area is 120 Å². The fourth-order valence-electron chi connectivity index (χ4n) is 2.65. The van der Waals surface area contributed by atoms with Crippen molar-refractivity contribution in [3.8, 4) is 17.2 Å². The van der Waals surface area contributed by atoms with Gasteiger partial charge in [0, 0.05) is 43.9 Å². The summed E-state index contributed by atoms with van der Waals surface area (Å²) in [4.78, 5) is 2.44. The Morgan fingerprint density at radius 1 is 0.950 bits per heavy atom. The van der Waals surface area contributed by atoms with Crippen molar-refractivity contribution in [2.75, 3.05) is 47.5 Å². The predicted octanol–water partition coefficient (Wildman–Crippen LogP) is 1.68. The lowest BCUT2D eigenvalue weighted by Crippen LogP contribution is -2.44. The monoisotopic (exact) mass is 280 g/mol. The lowest BCUT2D eigenvalue weighted by molar-refractivity contribution is 0.182. The van der Waals surface area contributed by atoms with E-state index >= 15 is 0 Å². The van der Waals surface area contributed by atoms with Crippen molar-refractivity contribution < 1.29 is 14.2 Å². The smallest absolute Gasteiger partial charge is 0.164 e. The minimum absolute atomic E-state index is 0.284. The SMILES string of the molecule is COc1cc(OC)c([C@H](C)N2CCNCC2)cc1OC. The van der Waals surface area contributed by atoms with E-state index in [2.05, 4.69) is 17.1 Å². The van der Waals surface area contributed by atoms with Crippen LogP contribution < -0.4 is 19.5 Å². The lowest BCUT2D eigenvalue weighted by atomic mass is 10.0. The van der Waals surface area contributed by atoms with E-state index in [9.17, 15) is 0 Å². The molecule has 1 atom stereocenters. The molecule has 1 heterocycles. The maximum absolute atomic E-state index is 5.52. The van der Waals surface area contributed by atoms with Gasteiger partial charge in [-0.05, 0) is 13.0 Å². The summed E-state index contributed by atoms with van der Waals surface area (Å²) in [6.45, 7) is 6.34. The van der Waals surface area contributed by atoms with Gasteiger partial charge in [0.25, 0.3) is 0 Å². The zero-order valence-electron chi connectivity index (χ0n) is 12.7. The van der Waals surface area contributed by atoms with Crippen molar-refractivity contribution in [1.29, 1.82) is 0 Å². The molecule has 1 aliphatic rings. The van der Waals surface area contributed by atoms with Gasteiger partial charge in [0.2, 0.25) is 0 Å². The van der Waals surface area contributed by atoms with Crippen LogP contribution in [0.15, 0.2) is 12.1 Å². The van der Waals surface area contributed by atoms with Gasteiger partial charge in [-0.2, -0.15) is 0 Å². The summed E-state index contributed by atoms with van der Waals surface area (Å²) in [5.74, 6) is 2.28. The first-order valence-electron chi connectivity index (χ1n) is 6.96. The van der Waals surface area contributed by atoms with Crippen LogP contribution in [-0.2, 0) is 0 Å². The molecule has 5 heteroatoms. The first kappa shape index (κ1) is 14.9. The summed E-state index contributed by atoms with van der Waals surface area (Å²) in [5, 5.41) is 3.37. The second-order valence-electron chi connectivity index (χ2n) is 4.91. The Bertz CT molecular complexity index is 445. The highest BCUT2D eigenvalue weighted by molar-refractivity contribution is 5.51. The molecule has 0 amide bonds. The number of rotatable bonds is 5. The van der Waals surface area contributed by atoms with Crippen LogP contribution in [0.2, 0.25) is 0 Å². The molecule has 2 rings (SSSR count). The largest absolute Gasteiger partial charge is 0.496 e. The summed E-state index contributed by atoms with van der Waals surface area (Å²) >= 11 is 0. The van der Waals surface area contributed by atoms with Gasteiger partial charge >= 0.3 is 0 Å². The lowest BCUT2D eigenvalue weighted by Gasteiger charge is -2.33. The summed E-state index contributed by atoms with van der Waals surface area (Å²) in [7, 11) is 4.98. The number of hydrogen-bond acceptors (Lipinski definition) is 5. The Morgan fingerprint density at radius 3 is 2.05 bits per heavy atom. The summed E-state index contributed by atoms with van der Waals surface area (Å²) in [6.07, 6.45) is 0. The molecule has 1 saturated heterocycles. The van der Waals surface area contributed by atoms with Gasteiger partial charge < -0.3 is 19.5 Å². The molecule has 112 valence electrons. The molecular formula is C15H24N2O3. The predicted molar refractivity (Wildman–Crippen MR) is 79.0 cm³/mol. The van der Waals surface area contributed by atoms with E-state index < -0.39 is 0 Å². The van der Waals surface area contributed by atoms with E-state index in [4.69, 9.17) is 14.2 Å². The van der Waals surface area contributed by atoms with Crippen LogP contribution in [-0.4, -0.2) is 52.4 Å². The van der Waals surface area contributed by atoms with Crippen LogP contribution in [0.25, 0.3) is 0 Å². The number of nitrogens with zero attached hydrogens (tertiary/aromatic N) is 1. The number of methoxy groups -OCH3 is 3. The molecule has 0 aromatic heterocycles. The van der Waals surface area contributed by atoms with Crippen molar-refractivity contribution in [3.63, 3.8) is 0 Å². The number of ether oxygens (including phenoxy) is 3. The molecule has 20 heavy (non-hydrogen) atoms. The molecule has 0 saturated carbocycles. The van der Waals surface area contributed by atoms with E-state index in [0.29, 0.717) is 5.75 Å². The molecule has 0 unspecified atom stereocenters. The molecular weight excluding hydrogens is 256 g/mol. The first-order valence-corrected chi connectivity index (χ1v) is 6.96. The highest BCUT2D eigenvalue weighted by atomic mass is 16.5. The van der Waals surface area contributed by atoms with Gasteiger partial charge in [0.05, 0.1) is 21.3 Å². The molecule has 1 aromatic carbocycles. The fourth-order valence-corrected chi connectivity index (χ4v) is 2.65. The van der Waals surface area contributed by atoms with Crippen LogP contribution in [0.3, 0.4) is 0 Å². The van der Waals surface area contributed by atoms with Crippen LogP contribution in [0, 0.1) is 0 Å². The highest BCUT2D eigenvalue weighted by Crippen LogP contribution is 2.39. The Hall–Kier alpha value is -1.46. The zero-order chi connectivity index (χ0) is 14.5. The van der Waals surface area contributed by atoms with E-state index in [1.165, 1.54) is 0 Å². The third kappa shape index (κ3) is 2.99. The molecule has 0 radical (unpaired) electrons. The fraction of sp³-hybridized carbons (Fsp3) is 0.600. The number of benzene rings is 1. The number of hydrogen-bond donors (Lipinski definition) is 1. The third-order valence-electron chi connectivity index (χ3n) is 3.89. The van der Waals surface area contributed by atoms with Gasteiger partial charge in [-0.3, -0.25) is 4.90 Å². The molecule has 0 bridgehead atoms. The highest BCUT2D eigenvalue weighted by Gasteiger charge is 2.23. The van der Waals surface area contributed by atoms with E-state index in [0.717, 1.165) is 43.2 Å². The second kappa shape index (κ2) is 6.81. The third-order valence-corrected chi connectivity index (χ3v) is 3.89. The van der Waals surface area contributed by atoms with Gasteiger partial charge in [-0.1, -0.05) is 0 Å². The molecule has 1 fully saturated rings. The maximum Gasteiger partial charge on any atom is 0.164 e. The Kier molecular flexibility index (Phi) is 5.09. The van der Waals surface area contributed by atoms with Crippen molar-refractivity contribution in [2.45, 2.75) is 13.0 Å². The summed E-state index contributed by atoms with van der Waals surface area (Å²) < 4.78 is 16.3. The van der Waals surface area contributed by atoms with Gasteiger partial charge in [0.15, 0.2) is 11.5 Å². The van der Waals surface area contributed by atoms with E-state index in [1.54, 1.807) is 21.3 Å². The number of nitrogens with one attached hydrogen (secondary N) is 1.